The molecular formula is C12H21N3O3. The van der Waals surface area contributed by atoms with E-state index in [9.17, 15) is 4.79 Å². The van der Waals surface area contributed by atoms with Gasteiger partial charge in [-0.3, -0.25) is 9.48 Å². The predicted octanol–water partition coefficient (Wildman–Crippen LogP) is 1.50. The van der Waals surface area contributed by atoms with Gasteiger partial charge in [-0.25, -0.2) is 0 Å². The number of nitrogens with zero attached hydrogens (tertiary/aromatic N) is 3. The fourth-order valence-corrected chi connectivity index (χ4v) is 1.62. The van der Waals surface area contributed by atoms with Gasteiger partial charge in [0.1, 0.15) is 0 Å². The molecule has 0 saturated heterocycles. The van der Waals surface area contributed by atoms with Crippen molar-refractivity contribution in [3.63, 3.8) is 0 Å². The van der Waals surface area contributed by atoms with Gasteiger partial charge in [0.05, 0.1) is 5.69 Å². The highest BCUT2D eigenvalue weighted by Gasteiger charge is 2.02. The van der Waals surface area contributed by atoms with Gasteiger partial charge in [0.15, 0.2) is 0 Å². The average molecular weight is 255 g/mol. The van der Waals surface area contributed by atoms with Crippen LogP contribution < -0.4 is 0 Å². The van der Waals surface area contributed by atoms with E-state index in [1.54, 1.807) is 0 Å². The number of ether oxygens (including phenoxy) is 1. The number of hydrogen-bond acceptors (Lipinski definition) is 4. The molecule has 0 fully saturated rings. The van der Waals surface area contributed by atoms with E-state index < -0.39 is 5.97 Å². The Morgan fingerprint density at radius 2 is 2.28 bits per heavy atom. The van der Waals surface area contributed by atoms with E-state index in [0.717, 1.165) is 44.7 Å². The maximum absolute atomic E-state index is 10.3. The first-order valence-corrected chi connectivity index (χ1v) is 6.41. The van der Waals surface area contributed by atoms with Crippen LogP contribution in [-0.2, 0) is 22.5 Å². The van der Waals surface area contributed by atoms with E-state index in [1.165, 1.54) is 0 Å². The molecule has 1 aromatic rings. The van der Waals surface area contributed by atoms with E-state index in [1.807, 2.05) is 17.8 Å². The van der Waals surface area contributed by atoms with Crippen LogP contribution in [0.3, 0.4) is 0 Å². The summed E-state index contributed by atoms with van der Waals surface area (Å²) in [5.41, 5.74) is 0.928. The highest BCUT2D eigenvalue weighted by atomic mass is 16.5. The maximum atomic E-state index is 10.3. The van der Waals surface area contributed by atoms with Crippen LogP contribution in [0.15, 0.2) is 6.20 Å². The van der Waals surface area contributed by atoms with Gasteiger partial charge in [-0.05, 0) is 32.6 Å². The molecule has 0 aliphatic rings. The van der Waals surface area contributed by atoms with Crippen LogP contribution in [0.5, 0.6) is 0 Å². The zero-order valence-electron chi connectivity index (χ0n) is 10.8. The second kappa shape index (κ2) is 8.63. The Hall–Kier alpha value is -1.43. The van der Waals surface area contributed by atoms with Crippen molar-refractivity contribution in [3.05, 3.63) is 11.9 Å². The number of carboxylic acid groups (broad SMARTS) is 1. The summed E-state index contributed by atoms with van der Waals surface area (Å²) in [6.45, 7) is 4.27. The molecule has 0 atom stereocenters. The van der Waals surface area contributed by atoms with E-state index in [4.69, 9.17) is 9.84 Å². The molecule has 0 radical (unpaired) electrons. The van der Waals surface area contributed by atoms with E-state index in [0.29, 0.717) is 6.42 Å². The largest absolute Gasteiger partial charge is 0.481 e. The van der Waals surface area contributed by atoms with Crippen LogP contribution in [0, 0.1) is 0 Å². The highest BCUT2D eigenvalue weighted by molar-refractivity contribution is 5.66. The lowest BCUT2D eigenvalue weighted by atomic mass is 10.1. The Bertz CT molecular complexity index is 352. The number of aromatic nitrogens is 3. The standard InChI is InChI=1S/C12H21N3O3/c1-2-18-9-5-8-15-10-11(13-14-15)6-3-4-7-12(16)17/h10H,2-9H2,1H3,(H,16,17). The van der Waals surface area contributed by atoms with Crippen LogP contribution in [-0.4, -0.2) is 39.3 Å². The number of carbonyl (C=O) groups is 1. The SMILES string of the molecule is CCOCCCn1cc(CCCCC(=O)O)nn1. The smallest absolute Gasteiger partial charge is 0.303 e. The summed E-state index contributed by atoms with van der Waals surface area (Å²) in [5, 5.41) is 16.6. The minimum absolute atomic E-state index is 0.225. The van der Waals surface area contributed by atoms with Crippen LogP contribution >= 0.6 is 0 Å². The normalized spacial score (nSPS) is 10.7. The number of aryl methyl sites for hydroxylation is 2. The van der Waals surface area contributed by atoms with Crippen molar-refractivity contribution < 1.29 is 14.6 Å². The Labute approximate surface area is 107 Å². The van der Waals surface area contributed by atoms with Gasteiger partial charge in [0, 0.05) is 32.4 Å². The molecular weight excluding hydrogens is 234 g/mol. The third kappa shape index (κ3) is 6.34. The molecule has 0 unspecified atom stereocenters. The summed E-state index contributed by atoms with van der Waals surface area (Å²) in [5.74, 6) is -0.741. The molecule has 18 heavy (non-hydrogen) atoms. The van der Waals surface area contributed by atoms with Gasteiger partial charge in [0.25, 0.3) is 0 Å². The first-order chi connectivity index (χ1) is 8.72. The Morgan fingerprint density at radius 1 is 1.44 bits per heavy atom. The van der Waals surface area contributed by atoms with Crippen molar-refractivity contribution in [1.29, 1.82) is 0 Å². The van der Waals surface area contributed by atoms with Gasteiger partial charge in [0.2, 0.25) is 0 Å². The van der Waals surface area contributed by atoms with Gasteiger partial charge < -0.3 is 9.84 Å². The van der Waals surface area contributed by atoms with Gasteiger partial charge in [-0.15, -0.1) is 5.10 Å². The lowest BCUT2D eigenvalue weighted by Crippen LogP contribution is -2.03. The highest BCUT2D eigenvalue weighted by Crippen LogP contribution is 2.03. The van der Waals surface area contributed by atoms with Crippen molar-refractivity contribution in [1.82, 2.24) is 15.0 Å². The van der Waals surface area contributed by atoms with Gasteiger partial charge in [-0.2, -0.15) is 0 Å². The third-order valence-electron chi connectivity index (χ3n) is 2.54. The molecule has 102 valence electrons. The molecule has 6 nitrogen and oxygen atoms in total. The molecule has 1 aromatic heterocycles. The van der Waals surface area contributed by atoms with Crippen LogP contribution in [0.1, 0.15) is 38.3 Å². The summed E-state index contributed by atoms with van der Waals surface area (Å²) >= 11 is 0. The quantitative estimate of drug-likeness (QED) is 0.641. The number of unbranched alkanes of at least 4 members (excludes halogenated alkanes) is 1. The molecule has 0 saturated carbocycles. The zero-order chi connectivity index (χ0) is 13.2. The summed E-state index contributed by atoms with van der Waals surface area (Å²) in [6.07, 6.45) is 5.39. The van der Waals surface area contributed by atoms with Gasteiger partial charge in [-0.1, -0.05) is 5.21 Å². The van der Waals surface area contributed by atoms with Crippen LogP contribution in [0.25, 0.3) is 0 Å². The van der Waals surface area contributed by atoms with Crippen molar-refractivity contribution in [3.8, 4) is 0 Å². The minimum atomic E-state index is -0.741. The molecule has 0 amide bonds. The Kier molecular flexibility index (Phi) is 7.01. The predicted molar refractivity (Wildman–Crippen MR) is 66.3 cm³/mol. The maximum Gasteiger partial charge on any atom is 0.303 e. The summed E-state index contributed by atoms with van der Waals surface area (Å²) < 4.78 is 7.06. The van der Waals surface area contributed by atoms with Crippen molar-refractivity contribution in [2.75, 3.05) is 13.2 Å². The lowest BCUT2D eigenvalue weighted by molar-refractivity contribution is -0.137. The van der Waals surface area contributed by atoms with Crippen LogP contribution in [0.2, 0.25) is 0 Å². The van der Waals surface area contributed by atoms with E-state index in [-0.39, 0.29) is 6.42 Å². The fraction of sp³-hybridized carbons (Fsp3) is 0.750. The second-order valence-electron chi connectivity index (χ2n) is 4.12. The fourth-order valence-electron chi connectivity index (χ4n) is 1.62. The lowest BCUT2D eigenvalue weighted by Gasteiger charge is -2.00. The number of carboxylic acids is 1. The minimum Gasteiger partial charge on any atom is -0.481 e. The number of aliphatic carboxylic acids is 1. The zero-order valence-corrected chi connectivity index (χ0v) is 10.8. The molecule has 0 bridgehead atoms. The van der Waals surface area contributed by atoms with Crippen molar-refractivity contribution in [2.45, 2.75) is 45.6 Å². The molecule has 0 aliphatic carbocycles. The number of rotatable bonds is 10. The third-order valence-corrected chi connectivity index (χ3v) is 2.54. The first kappa shape index (κ1) is 14.6. The molecule has 6 heteroatoms. The summed E-state index contributed by atoms with van der Waals surface area (Å²) in [7, 11) is 0. The van der Waals surface area contributed by atoms with Crippen molar-refractivity contribution in [2.24, 2.45) is 0 Å². The average Bonchev–Trinajstić information content (AvgIpc) is 2.78. The number of hydrogen-bond donors (Lipinski definition) is 1. The molecule has 0 aliphatic heterocycles. The molecule has 1 N–H and O–H groups in total. The summed E-state index contributed by atoms with van der Waals surface area (Å²) in [4.78, 5) is 10.3. The Morgan fingerprint density at radius 3 is 3.00 bits per heavy atom. The molecule has 0 spiro atoms. The van der Waals surface area contributed by atoms with E-state index in [2.05, 4.69) is 10.3 Å². The monoisotopic (exact) mass is 255 g/mol. The van der Waals surface area contributed by atoms with Crippen LogP contribution in [0.4, 0.5) is 0 Å². The molecule has 0 aromatic carbocycles. The topological polar surface area (TPSA) is 77.2 Å². The van der Waals surface area contributed by atoms with Gasteiger partial charge >= 0.3 is 5.97 Å². The molecule has 1 rings (SSSR count). The second-order valence-corrected chi connectivity index (χ2v) is 4.12. The van der Waals surface area contributed by atoms with E-state index >= 15 is 0 Å². The first-order valence-electron chi connectivity index (χ1n) is 6.41. The van der Waals surface area contributed by atoms with Crippen molar-refractivity contribution >= 4 is 5.97 Å². The molecule has 1 heterocycles. The summed E-state index contributed by atoms with van der Waals surface area (Å²) in [6, 6.07) is 0. The Balaban J connectivity index is 2.15.